The lowest BCUT2D eigenvalue weighted by atomic mass is 10.0. The first kappa shape index (κ1) is 24.4. The molecule has 0 radical (unpaired) electrons. The van der Waals surface area contributed by atoms with Crippen molar-refractivity contribution in [2.45, 2.75) is 136 Å². The van der Waals surface area contributed by atoms with Gasteiger partial charge < -0.3 is 9.80 Å². The van der Waals surface area contributed by atoms with Crippen molar-refractivity contribution < 1.29 is 0 Å². The van der Waals surface area contributed by atoms with Gasteiger partial charge in [0.2, 0.25) is 0 Å². The molecular formula is C25H50N2. The molecule has 0 saturated heterocycles. The second-order valence-electron chi connectivity index (χ2n) is 8.61. The molecule has 2 nitrogen and oxygen atoms in total. The molecule has 0 spiro atoms. The van der Waals surface area contributed by atoms with Gasteiger partial charge in [0.05, 0.1) is 0 Å². The molecule has 0 N–H and O–H groups in total. The molecule has 0 fully saturated rings. The first-order valence-corrected chi connectivity index (χ1v) is 12.5. The Bertz CT molecular complexity index is 339. The number of hydrogen-bond donors (Lipinski definition) is 0. The quantitative estimate of drug-likeness (QED) is 0.209. The van der Waals surface area contributed by atoms with Crippen LogP contribution in [0.4, 0.5) is 0 Å². The summed E-state index contributed by atoms with van der Waals surface area (Å²) in [5, 5.41) is 0. The van der Waals surface area contributed by atoms with Crippen LogP contribution >= 0.6 is 0 Å². The van der Waals surface area contributed by atoms with E-state index in [0.717, 1.165) is 0 Å². The van der Waals surface area contributed by atoms with E-state index in [2.05, 4.69) is 43.0 Å². The number of nitrogens with zero attached hydrogens (tertiary/aromatic N) is 2. The Kier molecular flexibility index (Phi) is 15.7. The molecule has 0 saturated carbocycles. The zero-order valence-electron chi connectivity index (χ0n) is 19.1. The summed E-state index contributed by atoms with van der Waals surface area (Å²) in [5.41, 5.74) is 0. The predicted octanol–water partition coefficient (Wildman–Crippen LogP) is 8.09. The summed E-state index contributed by atoms with van der Waals surface area (Å²) in [5.74, 6) is 0. The van der Waals surface area contributed by atoms with Crippen LogP contribution in [0.1, 0.15) is 130 Å². The van der Waals surface area contributed by atoms with Gasteiger partial charge in [-0.25, -0.2) is 0 Å². The molecule has 1 aliphatic rings. The summed E-state index contributed by atoms with van der Waals surface area (Å²) < 4.78 is 0. The molecule has 2 heteroatoms. The Hall–Kier alpha value is -0.660. The minimum atomic E-state index is 0.624. The minimum absolute atomic E-state index is 0.624. The van der Waals surface area contributed by atoms with Gasteiger partial charge in [-0.05, 0) is 19.3 Å². The smallest absolute Gasteiger partial charge is 0.100 e. The largest absolute Gasteiger partial charge is 0.356 e. The Morgan fingerprint density at radius 1 is 0.481 bits per heavy atom. The van der Waals surface area contributed by atoms with Gasteiger partial charge in [0, 0.05) is 25.5 Å². The van der Waals surface area contributed by atoms with Gasteiger partial charge in [-0.2, -0.15) is 0 Å². The standard InChI is InChI=1S/C25H50N2/c1-4-7-9-10-11-12-13-14-15-16-17-18-20-22-27-24-23-26(25(27)6-3)21-19-8-5-2/h23-25H,4-22H2,1-3H3. The molecule has 1 unspecified atom stereocenters. The van der Waals surface area contributed by atoms with Crippen molar-refractivity contribution in [3.8, 4) is 0 Å². The lowest BCUT2D eigenvalue weighted by molar-refractivity contribution is 0.144. The first-order chi connectivity index (χ1) is 13.3. The van der Waals surface area contributed by atoms with Gasteiger partial charge >= 0.3 is 0 Å². The van der Waals surface area contributed by atoms with E-state index in [9.17, 15) is 0 Å². The first-order valence-electron chi connectivity index (χ1n) is 12.5. The number of hydrogen-bond acceptors (Lipinski definition) is 2. The predicted molar refractivity (Wildman–Crippen MR) is 122 cm³/mol. The number of rotatable bonds is 19. The van der Waals surface area contributed by atoms with E-state index in [1.54, 1.807) is 0 Å². The molecule has 160 valence electrons. The van der Waals surface area contributed by atoms with E-state index >= 15 is 0 Å². The van der Waals surface area contributed by atoms with Crippen LogP contribution in [0.2, 0.25) is 0 Å². The maximum Gasteiger partial charge on any atom is 0.100 e. The Labute approximate surface area is 171 Å². The molecule has 0 amide bonds. The zero-order valence-corrected chi connectivity index (χ0v) is 19.1. The summed E-state index contributed by atoms with van der Waals surface area (Å²) in [6, 6.07) is 0. The second kappa shape index (κ2) is 17.4. The van der Waals surface area contributed by atoms with E-state index in [-0.39, 0.29) is 0 Å². The molecule has 1 heterocycles. The van der Waals surface area contributed by atoms with Gasteiger partial charge in [-0.3, -0.25) is 0 Å². The van der Waals surface area contributed by atoms with Crippen LogP contribution in [0.25, 0.3) is 0 Å². The number of unbranched alkanes of at least 4 members (excludes halogenated alkanes) is 14. The second-order valence-corrected chi connectivity index (χ2v) is 8.61. The fourth-order valence-electron chi connectivity index (χ4n) is 4.33. The molecule has 1 rings (SSSR count). The van der Waals surface area contributed by atoms with Crippen molar-refractivity contribution in [2.75, 3.05) is 13.1 Å². The molecule has 0 aromatic rings. The highest BCUT2D eigenvalue weighted by molar-refractivity contribution is 4.96. The van der Waals surface area contributed by atoms with Gasteiger partial charge in [0.15, 0.2) is 0 Å². The van der Waals surface area contributed by atoms with Gasteiger partial charge in [0.25, 0.3) is 0 Å². The molecule has 0 aliphatic carbocycles. The van der Waals surface area contributed by atoms with E-state index in [0.29, 0.717) is 6.17 Å². The summed E-state index contributed by atoms with van der Waals surface area (Å²) in [7, 11) is 0. The molecule has 0 aromatic heterocycles. The summed E-state index contributed by atoms with van der Waals surface area (Å²) >= 11 is 0. The van der Waals surface area contributed by atoms with Crippen molar-refractivity contribution in [3.05, 3.63) is 12.4 Å². The average Bonchev–Trinajstić information content (AvgIpc) is 3.07. The molecule has 1 aliphatic heterocycles. The van der Waals surface area contributed by atoms with Crippen LogP contribution in [-0.4, -0.2) is 29.1 Å². The Morgan fingerprint density at radius 2 is 0.815 bits per heavy atom. The lowest BCUT2D eigenvalue weighted by Gasteiger charge is -2.32. The van der Waals surface area contributed by atoms with Crippen LogP contribution < -0.4 is 0 Å². The highest BCUT2D eigenvalue weighted by Gasteiger charge is 2.23. The van der Waals surface area contributed by atoms with E-state index in [4.69, 9.17) is 0 Å². The zero-order chi connectivity index (χ0) is 19.6. The monoisotopic (exact) mass is 378 g/mol. The average molecular weight is 379 g/mol. The Morgan fingerprint density at radius 3 is 1.22 bits per heavy atom. The normalized spacial score (nSPS) is 16.6. The molecule has 1 atom stereocenters. The molecule has 0 bridgehead atoms. The third-order valence-electron chi connectivity index (χ3n) is 6.12. The lowest BCUT2D eigenvalue weighted by Crippen LogP contribution is -2.38. The van der Waals surface area contributed by atoms with E-state index in [1.807, 2.05) is 0 Å². The van der Waals surface area contributed by atoms with Crippen LogP contribution in [-0.2, 0) is 0 Å². The fourth-order valence-corrected chi connectivity index (χ4v) is 4.33. The summed E-state index contributed by atoms with van der Waals surface area (Å²) in [6.45, 7) is 9.40. The minimum Gasteiger partial charge on any atom is -0.356 e. The summed E-state index contributed by atoms with van der Waals surface area (Å²) in [6.07, 6.45) is 29.3. The molecular weight excluding hydrogens is 328 g/mol. The van der Waals surface area contributed by atoms with Crippen LogP contribution in [0.3, 0.4) is 0 Å². The van der Waals surface area contributed by atoms with Crippen LogP contribution in [0.5, 0.6) is 0 Å². The van der Waals surface area contributed by atoms with E-state index in [1.165, 1.54) is 122 Å². The van der Waals surface area contributed by atoms with E-state index < -0.39 is 0 Å². The van der Waals surface area contributed by atoms with Crippen molar-refractivity contribution in [1.29, 1.82) is 0 Å². The fraction of sp³-hybridized carbons (Fsp3) is 0.920. The Balaban J connectivity index is 1.92. The van der Waals surface area contributed by atoms with Gasteiger partial charge in [-0.15, -0.1) is 0 Å². The summed E-state index contributed by atoms with van der Waals surface area (Å²) in [4.78, 5) is 5.16. The van der Waals surface area contributed by atoms with Crippen molar-refractivity contribution in [3.63, 3.8) is 0 Å². The van der Waals surface area contributed by atoms with Crippen molar-refractivity contribution in [1.82, 2.24) is 9.80 Å². The third-order valence-corrected chi connectivity index (χ3v) is 6.12. The van der Waals surface area contributed by atoms with Crippen molar-refractivity contribution in [2.24, 2.45) is 0 Å². The highest BCUT2D eigenvalue weighted by atomic mass is 15.4. The van der Waals surface area contributed by atoms with Crippen molar-refractivity contribution >= 4 is 0 Å². The highest BCUT2D eigenvalue weighted by Crippen LogP contribution is 2.21. The maximum absolute atomic E-state index is 2.59. The SMILES string of the molecule is CCCCCCCCCCCCCCCN1C=CN(CCCCC)C1CC. The third kappa shape index (κ3) is 11.7. The maximum atomic E-state index is 2.59. The molecule has 27 heavy (non-hydrogen) atoms. The topological polar surface area (TPSA) is 6.48 Å². The van der Waals surface area contributed by atoms with Crippen LogP contribution in [0.15, 0.2) is 12.4 Å². The van der Waals surface area contributed by atoms with Crippen LogP contribution in [0, 0.1) is 0 Å². The van der Waals surface area contributed by atoms with Gasteiger partial charge in [-0.1, -0.05) is 111 Å². The van der Waals surface area contributed by atoms with Gasteiger partial charge in [0.1, 0.15) is 6.17 Å². The molecule has 0 aromatic carbocycles.